The molecule has 3 aromatic rings. The minimum absolute atomic E-state index is 0.133. The fourth-order valence-corrected chi connectivity index (χ4v) is 3.65. The first-order chi connectivity index (χ1) is 14.7. The van der Waals surface area contributed by atoms with Crippen LogP contribution in [0.1, 0.15) is 10.4 Å². The van der Waals surface area contributed by atoms with Crippen molar-refractivity contribution in [2.45, 2.75) is 6.36 Å². The van der Waals surface area contributed by atoms with Gasteiger partial charge in [0.2, 0.25) is 0 Å². The fourth-order valence-electron chi connectivity index (χ4n) is 3.43. The van der Waals surface area contributed by atoms with Crippen molar-refractivity contribution in [3.05, 3.63) is 47.2 Å². The summed E-state index contributed by atoms with van der Waals surface area (Å²) >= 11 is 5.93. The molecule has 0 aliphatic carbocycles. The lowest BCUT2D eigenvalue weighted by Crippen LogP contribution is -2.40. The molecular weight excluding hydrogens is 437 g/mol. The lowest BCUT2D eigenvalue weighted by atomic mass is 10.1. The van der Waals surface area contributed by atoms with Crippen LogP contribution in [0.4, 0.5) is 24.7 Å². The standard InChI is InChI=1S/C20H18ClF3N4O3/c1-27-5-4-13-17(27)14(19(29)28-6-8-30-9-7-28)11-25-18(13)26-12-2-3-16(15(21)10-12)31-20(22,23)24/h2-5,10-11H,6-9H2,1H3,(H,25,26). The SMILES string of the molecule is Cn1ccc2c(Nc3ccc(OC(F)(F)F)c(Cl)c3)ncc(C(=O)N3CCOCC3)c21. The number of benzene rings is 1. The summed E-state index contributed by atoms with van der Waals surface area (Å²) in [6.07, 6.45) is -1.54. The molecule has 1 aromatic carbocycles. The van der Waals surface area contributed by atoms with E-state index in [2.05, 4.69) is 15.0 Å². The number of amides is 1. The van der Waals surface area contributed by atoms with Crippen molar-refractivity contribution in [3.63, 3.8) is 0 Å². The number of ether oxygens (including phenoxy) is 2. The Morgan fingerprint density at radius 3 is 2.68 bits per heavy atom. The molecule has 0 unspecified atom stereocenters. The molecule has 11 heteroatoms. The molecule has 1 saturated heterocycles. The molecule has 31 heavy (non-hydrogen) atoms. The second kappa shape index (κ2) is 8.27. The maximum atomic E-state index is 13.0. The number of pyridine rings is 1. The number of fused-ring (bicyclic) bond motifs is 1. The van der Waals surface area contributed by atoms with E-state index < -0.39 is 12.1 Å². The van der Waals surface area contributed by atoms with Crippen LogP contribution in [0.15, 0.2) is 36.7 Å². The van der Waals surface area contributed by atoms with E-state index in [0.717, 1.165) is 6.07 Å². The molecule has 0 atom stereocenters. The molecule has 0 radical (unpaired) electrons. The van der Waals surface area contributed by atoms with E-state index in [1.807, 2.05) is 17.7 Å². The molecule has 2 aromatic heterocycles. The number of nitrogens with zero attached hydrogens (tertiary/aromatic N) is 3. The van der Waals surface area contributed by atoms with Crippen molar-refractivity contribution in [2.24, 2.45) is 7.05 Å². The quantitative estimate of drug-likeness (QED) is 0.635. The number of nitrogens with one attached hydrogen (secondary N) is 1. The maximum Gasteiger partial charge on any atom is 0.573 e. The summed E-state index contributed by atoms with van der Waals surface area (Å²) in [5.41, 5.74) is 1.57. The Kier molecular flexibility index (Phi) is 5.67. The van der Waals surface area contributed by atoms with Gasteiger partial charge in [-0.25, -0.2) is 4.98 Å². The molecule has 3 heterocycles. The average molecular weight is 455 g/mol. The lowest BCUT2D eigenvalue weighted by Gasteiger charge is -2.27. The van der Waals surface area contributed by atoms with Gasteiger partial charge in [0.15, 0.2) is 0 Å². The van der Waals surface area contributed by atoms with Gasteiger partial charge in [0.25, 0.3) is 5.91 Å². The molecule has 164 valence electrons. The second-order valence-corrected chi connectivity index (χ2v) is 7.34. The van der Waals surface area contributed by atoms with Crippen LogP contribution in [-0.4, -0.2) is 53.0 Å². The summed E-state index contributed by atoms with van der Waals surface area (Å²) < 4.78 is 48.3. The number of aromatic nitrogens is 2. The largest absolute Gasteiger partial charge is 0.573 e. The van der Waals surface area contributed by atoms with Gasteiger partial charge < -0.3 is 24.3 Å². The molecule has 1 fully saturated rings. The first kappa shape index (κ1) is 21.3. The normalized spacial score (nSPS) is 14.7. The van der Waals surface area contributed by atoms with E-state index in [-0.39, 0.29) is 10.9 Å². The number of morpholine rings is 1. The predicted octanol–water partition coefficient (Wildman–Crippen LogP) is 4.34. The number of anilines is 2. The molecule has 1 aliphatic heterocycles. The van der Waals surface area contributed by atoms with Crippen LogP contribution in [0.2, 0.25) is 5.02 Å². The van der Waals surface area contributed by atoms with Crippen LogP contribution in [0.3, 0.4) is 0 Å². The molecular formula is C20H18ClF3N4O3. The van der Waals surface area contributed by atoms with Crippen molar-refractivity contribution in [1.29, 1.82) is 0 Å². The molecule has 1 N–H and O–H groups in total. The van der Waals surface area contributed by atoms with E-state index in [4.69, 9.17) is 16.3 Å². The Hall–Kier alpha value is -2.98. The summed E-state index contributed by atoms with van der Waals surface area (Å²) in [4.78, 5) is 19.1. The average Bonchev–Trinajstić information content (AvgIpc) is 3.12. The monoisotopic (exact) mass is 454 g/mol. The van der Waals surface area contributed by atoms with Gasteiger partial charge in [-0.15, -0.1) is 13.2 Å². The Labute approximate surface area is 180 Å². The van der Waals surface area contributed by atoms with Gasteiger partial charge in [0.1, 0.15) is 11.6 Å². The van der Waals surface area contributed by atoms with Crippen LogP contribution in [0.25, 0.3) is 10.9 Å². The van der Waals surface area contributed by atoms with Gasteiger partial charge in [0.05, 0.1) is 29.3 Å². The van der Waals surface area contributed by atoms with E-state index in [1.54, 1.807) is 11.1 Å². The van der Waals surface area contributed by atoms with Gasteiger partial charge >= 0.3 is 6.36 Å². The third kappa shape index (κ3) is 4.54. The number of hydrogen-bond donors (Lipinski definition) is 1. The highest BCUT2D eigenvalue weighted by molar-refractivity contribution is 6.32. The smallest absolute Gasteiger partial charge is 0.404 e. The van der Waals surface area contributed by atoms with Crippen molar-refractivity contribution in [3.8, 4) is 5.75 Å². The Morgan fingerprint density at radius 1 is 1.26 bits per heavy atom. The van der Waals surface area contributed by atoms with Crippen molar-refractivity contribution in [2.75, 3.05) is 31.6 Å². The van der Waals surface area contributed by atoms with Crippen LogP contribution >= 0.6 is 11.6 Å². The summed E-state index contributed by atoms with van der Waals surface area (Å²) in [6.45, 7) is 2.00. The lowest BCUT2D eigenvalue weighted by molar-refractivity contribution is -0.274. The highest BCUT2D eigenvalue weighted by Crippen LogP contribution is 2.34. The Balaban J connectivity index is 1.64. The number of alkyl halides is 3. The summed E-state index contributed by atoms with van der Waals surface area (Å²) in [5, 5.41) is 3.53. The Bertz CT molecular complexity index is 1130. The predicted molar refractivity (Wildman–Crippen MR) is 109 cm³/mol. The van der Waals surface area contributed by atoms with Gasteiger partial charge in [0, 0.05) is 43.6 Å². The third-order valence-electron chi connectivity index (χ3n) is 4.85. The van der Waals surface area contributed by atoms with E-state index in [0.29, 0.717) is 54.3 Å². The molecule has 0 bridgehead atoms. The zero-order valence-corrected chi connectivity index (χ0v) is 17.1. The fraction of sp³-hybridized carbons (Fsp3) is 0.300. The zero-order valence-electron chi connectivity index (χ0n) is 16.4. The van der Waals surface area contributed by atoms with Crippen molar-refractivity contribution >= 4 is 39.9 Å². The van der Waals surface area contributed by atoms with Crippen LogP contribution in [-0.2, 0) is 11.8 Å². The molecule has 4 rings (SSSR count). The number of halogens is 4. The van der Waals surface area contributed by atoms with E-state index in [1.165, 1.54) is 18.3 Å². The van der Waals surface area contributed by atoms with Gasteiger partial charge in [-0.3, -0.25) is 4.79 Å². The van der Waals surface area contributed by atoms with Crippen LogP contribution in [0.5, 0.6) is 5.75 Å². The number of aryl methyl sites for hydroxylation is 1. The summed E-state index contributed by atoms with van der Waals surface area (Å²) in [5.74, 6) is -0.190. The number of rotatable bonds is 4. The molecule has 7 nitrogen and oxygen atoms in total. The van der Waals surface area contributed by atoms with Crippen molar-refractivity contribution < 1.29 is 27.4 Å². The van der Waals surface area contributed by atoms with Gasteiger partial charge in [-0.2, -0.15) is 0 Å². The molecule has 0 spiro atoms. The van der Waals surface area contributed by atoms with Crippen LogP contribution in [0, 0.1) is 0 Å². The van der Waals surface area contributed by atoms with E-state index >= 15 is 0 Å². The first-order valence-corrected chi connectivity index (χ1v) is 9.74. The van der Waals surface area contributed by atoms with Crippen molar-refractivity contribution in [1.82, 2.24) is 14.5 Å². The minimum Gasteiger partial charge on any atom is -0.404 e. The number of hydrogen-bond acceptors (Lipinski definition) is 5. The number of carbonyl (C=O) groups excluding carboxylic acids is 1. The van der Waals surface area contributed by atoms with Gasteiger partial charge in [-0.1, -0.05) is 11.6 Å². The highest BCUT2D eigenvalue weighted by atomic mass is 35.5. The third-order valence-corrected chi connectivity index (χ3v) is 5.15. The summed E-state index contributed by atoms with van der Waals surface area (Å²) in [7, 11) is 1.82. The van der Waals surface area contributed by atoms with E-state index in [9.17, 15) is 18.0 Å². The maximum absolute atomic E-state index is 13.0. The summed E-state index contributed by atoms with van der Waals surface area (Å²) in [6, 6.07) is 5.64. The minimum atomic E-state index is -4.83. The molecule has 1 amide bonds. The number of carbonyl (C=O) groups is 1. The van der Waals surface area contributed by atoms with Gasteiger partial charge in [-0.05, 0) is 24.3 Å². The first-order valence-electron chi connectivity index (χ1n) is 9.36. The zero-order chi connectivity index (χ0) is 22.2. The molecule has 0 saturated carbocycles. The molecule has 1 aliphatic rings. The Morgan fingerprint density at radius 2 is 2.00 bits per heavy atom. The second-order valence-electron chi connectivity index (χ2n) is 6.93. The highest BCUT2D eigenvalue weighted by Gasteiger charge is 2.32. The van der Waals surface area contributed by atoms with Crippen LogP contribution < -0.4 is 10.1 Å². The topological polar surface area (TPSA) is 68.6 Å².